The van der Waals surface area contributed by atoms with Crippen molar-refractivity contribution in [1.82, 2.24) is 4.90 Å². The summed E-state index contributed by atoms with van der Waals surface area (Å²) in [7, 11) is 3.99. The van der Waals surface area contributed by atoms with E-state index in [1.165, 1.54) is 0 Å². The van der Waals surface area contributed by atoms with Crippen molar-refractivity contribution < 1.29 is 0 Å². The van der Waals surface area contributed by atoms with Crippen LogP contribution in [0.2, 0.25) is 0 Å². The monoisotopic (exact) mass is 130 g/mol. The largest absolute Gasteiger partial charge is 0.315 e. The van der Waals surface area contributed by atoms with E-state index in [4.69, 9.17) is 5.73 Å². The smallest absolute Gasteiger partial charge is 0.0616 e. The summed E-state index contributed by atoms with van der Waals surface area (Å²) in [5.74, 6) is 0. The van der Waals surface area contributed by atoms with Crippen LogP contribution in [0, 0.1) is 5.41 Å². The average Bonchev–Trinajstić information content (AvgIpc) is 1.62. The molecule has 0 aliphatic rings. The Balaban J connectivity index is 3.88. The van der Waals surface area contributed by atoms with Crippen molar-refractivity contribution in [1.29, 1.82) is 0 Å². The maximum Gasteiger partial charge on any atom is 0.0616 e. The molecule has 0 heterocycles. The Morgan fingerprint density at radius 2 is 1.56 bits per heavy atom. The Morgan fingerprint density at radius 1 is 1.22 bits per heavy atom. The van der Waals surface area contributed by atoms with E-state index in [2.05, 4.69) is 20.8 Å². The van der Waals surface area contributed by atoms with Crippen LogP contribution < -0.4 is 5.73 Å². The van der Waals surface area contributed by atoms with Crippen molar-refractivity contribution in [2.75, 3.05) is 14.1 Å². The lowest BCUT2D eigenvalue weighted by molar-refractivity contribution is 0.158. The molecule has 56 valence electrons. The van der Waals surface area contributed by atoms with Crippen molar-refractivity contribution in [3.8, 4) is 0 Å². The molecular formula is C7H18N2. The minimum atomic E-state index is 0.150. The lowest BCUT2D eigenvalue weighted by Crippen LogP contribution is -2.46. The zero-order valence-electron chi connectivity index (χ0n) is 7.10. The zero-order valence-corrected chi connectivity index (χ0v) is 7.10. The van der Waals surface area contributed by atoms with Crippen molar-refractivity contribution in [2.24, 2.45) is 11.1 Å². The van der Waals surface area contributed by atoms with Crippen molar-refractivity contribution in [3.05, 3.63) is 0 Å². The summed E-state index contributed by atoms with van der Waals surface area (Å²) >= 11 is 0. The molecule has 1 atom stereocenters. The summed E-state index contributed by atoms with van der Waals surface area (Å²) in [4.78, 5) is 2.03. The van der Waals surface area contributed by atoms with Gasteiger partial charge in [-0.05, 0) is 19.5 Å². The molecular weight excluding hydrogens is 112 g/mol. The van der Waals surface area contributed by atoms with Gasteiger partial charge in [0.2, 0.25) is 0 Å². The molecule has 2 heteroatoms. The van der Waals surface area contributed by atoms with Gasteiger partial charge in [0.25, 0.3) is 0 Å². The van der Waals surface area contributed by atoms with Crippen molar-refractivity contribution in [3.63, 3.8) is 0 Å². The number of hydrogen-bond donors (Lipinski definition) is 1. The van der Waals surface area contributed by atoms with Crippen LogP contribution in [0.4, 0.5) is 0 Å². The molecule has 0 aromatic heterocycles. The molecule has 1 unspecified atom stereocenters. The topological polar surface area (TPSA) is 29.3 Å². The van der Waals surface area contributed by atoms with Crippen LogP contribution in [0.3, 0.4) is 0 Å². The van der Waals surface area contributed by atoms with Gasteiger partial charge in [-0.1, -0.05) is 20.8 Å². The Bertz CT molecular complexity index is 81.4. The van der Waals surface area contributed by atoms with Gasteiger partial charge in [0.15, 0.2) is 0 Å². The number of nitrogens with two attached hydrogens (primary N) is 1. The molecule has 0 aliphatic heterocycles. The van der Waals surface area contributed by atoms with Crippen LogP contribution in [-0.2, 0) is 0 Å². The van der Waals surface area contributed by atoms with Gasteiger partial charge in [-0.15, -0.1) is 0 Å². The number of nitrogens with zero attached hydrogens (tertiary/aromatic N) is 1. The predicted octanol–water partition coefficient (Wildman–Crippen LogP) is 0.879. The molecule has 9 heavy (non-hydrogen) atoms. The third kappa shape index (κ3) is 2.82. The predicted molar refractivity (Wildman–Crippen MR) is 41.1 cm³/mol. The molecule has 0 amide bonds. The second kappa shape index (κ2) is 2.67. The van der Waals surface area contributed by atoms with Gasteiger partial charge < -0.3 is 5.73 Å². The highest BCUT2D eigenvalue weighted by molar-refractivity contribution is 4.73. The summed E-state index contributed by atoms with van der Waals surface area (Å²) in [6, 6.07) is 0. The van der Waals surface area contributed by atoms with E-state index in [1.807, 2.05) is 19.0 Å². The van der Waals surface area contributed by atoms with Crippen LogP contribution >= 0.6 is 0 Å². The first-order valence-corrected chi connectivity index (χ1v) is 3.27. The summed E-state index contributed by atoms with van der Waals surface area (Å²) < 4.78 is 0. The Morgan fingerprint density at radius 3 is 1.56 bits per heavy atom. The fourth-order valence-electron chi connectivity index (χ4n) is 0.775. The zero-order chi connectivity index (χ0) is 7.65. The highest BCUT2D eigenvalue weighted by Crippen LogP contribution is 2.17. The average molecular weight is 130 g/mol. The third-order valence-corrected chi connectivity index (χ3v) is 1.44. The highest BCUT2D eigenvalue weighted by atomic mass is 15.2. The molecule has 0 fully saturated rings. The van der Waals surface area contributed by atoms with E-state index in [0.29, 0.717) is 0 Å². The summed E-state index contributed by atoms with van der Waals surface area (Å²) in [6.07, 6.45) is 0.150. The molecule has 0 aliphatic carbocycles. The van der Waals surface area contributed by atoms with Crippen LogP contribution in [0.25, 0.3) is 0 Å². The summed E-state index contributed by atoms with van der Waals surface area (Å²) in [5.41, 5.74) is 6.00. The standard InChI is InChI=1S/C7H18N2/c1-7(2,3)6(8)9(4)5/h6H,8H2,1-5H3. The van der Waals surface area contributed by atoms with Crippen LogP contribution in [0.5, 0.6) is 0 Å². The second-order valence-electron chi connectivity index (χ2n) is 3.77. The molecule has 0 saturated carbocycles. The Hall–Kier alpha value is -0.0800. The second-order valence-corrected chi connectivity index (χ2v) is 3.77. The molecule has 2 nitrogen and oxygen atoms in total. The molecule has 0 bridgehead atoms. The number of hydrogen-bond acceptors (Lipinski definition) is 2. The maximum absolute atomic E-state index is 5.82. The Labute approximate surface area is 58.0 Å². The van der Waals surface area contributed by atoms with E-state index in [-0.39, 0.29) is 11.6 Å². The normalized spacial score (nSPS) is 16.3. The molecule has 0 aromatic carbocycles. The van der Waals surface area contributed by atoms with Crippen molar-refractivity contribution in [2.45, 2.75) is 26.9 Å². The Kier molecular flexibility index (Phi) is 2.65. The molecule has 2 N–H and O–H groups in total. The molecule has 0 saturated heterocycles. The lowest BCUT2D eigenvalue weighted by Gasteiger charge is -2.32. The van der Waals surface area contributed by atoms with Crippen LogP contribution in [0.15, 0.2) is 0 Å². The maximum atomic E-state index is 5.82. The quantitative estimate of drug-likeness (QED) is 0.534. The first kappa shape index (κ1) is 8.92. The minimum absolute atomic E-state index is 0.150. The van der Waals surface area contributed by atoms with E-state index >= 15 is 0 Å². The van der Waals surface area contributed by atoms with Crippen LogP contribution in [-0.4, -0.2) is 25.2 Å². The fraction of sp³-hybridized carbons (Fsp3) is 1.00. The fourth-order valence-corrected chi connectivity index (χ4v) is 0.775. The van der Waals surface area contributed by atoms with E-state index in [0.717, 1.165) is 0 Å². The minimum Gasteiger partial charge on any atom is -0.315 e. The van der Waals surface area contributed by atoms with Gasteiger partial charge in [0.05, 0.1) is 6.17 Å². The summed E-state index contributed by atoms with van der Waals surface area (Å²) in [6.45, 7) is 6.41. The molecule has 0 radical (unpaired) electrons. The van der Waals surface area contributed by atoms with Crippen LogP contribution in [0.1, 0.15) is 20.8 Å². The summed E-state index contributed by atoms with van der Waals surface area (Å²) in [5, 5.41) is 0. The molecule has 0 aromatic rings. The first-order chi connectivity index (χ1) is 3.85. The number of rotatable bonds is 1. The molecule has 0 rings (SSSR count). The first-order valence-electron chi connectivity index (χ1n) is 3.27. The van der Waals surface area contributed by atoms with Gasteiger partial charge in [0.1, 0.15) is 0 Å². The van der Waals surface area contributed by atoms with Crippen molar-refractivity contribution >= 4 is 0 Å². The van der Waals surface area contributed by atoms with E-state index in [9.17, 15) is 0 Å². The molecule has 0 spiro atoms. The van der Waals surface area contributed by atoms with Gasteiger partial charge in [-0.25, -0.2) is 0 Å². The highest BCUT2D eigenvalue weighted by Gasteiger charge is 2.21. The van der Waals surface area contributed by atoms with Gasteiger partial charge in [0, 0.05) is 0 Å². The lowest BCUT2D eigenvalue weighted by atomic mass is 9.92. The van der Waals surface area contributed by atoms with E-state index < -0.39 is 0 Å². The third-order valence-electron chi connectivity index (χ3n) is 1.44. The van der Waals surface area contributed by atoms with Gasteiger partial charge in [-0.2, -0.15) is 0 Å². The van der Waals surface area contributed by atoms with Gasteiger partial charge in [-0.3, -0.25) is 4.90 Å². The van der Waals surface area contributed by atoms with E-state index in [1.54, 1.807) is 0 Å². The van der Waals surface area contributed by atoms with Gasteiger partial charge >= 0.3 is 0 Å². The SMILES string of the molecule is CN(C)C(N)C(C)(C)C.